The molecule has 0 bridgehead atoms. The van der Waals surface area contributed by atoms with Crippen molar-refractivity contribution in [3.63, 3.8) is 0 Å². The lowest BCUT2D eigenvalue weighted by Crippen LogP contribution is -2.09. The monoisotopic (exact) mass is 281 g/mol. The van der Waals surface area contributed by atoms with Crippen molar-refractivity contribution in [2.75, 3.05) is 5.43 Å². The normalized spacial score (nSPS) is 10.6. The van der Waals surface area contributed by atoms with Gasteiger partial charge in [0.2, 0.25) is 0 Å². The number of pyridine rings is 1. The van der Waals surface area contributed by atoms with E-state index in [1.54, 1.807) is 12.4 Å². The second-order valence-corrected chi connectivity index (χ2v) is 4.61. The van der Waals surface area contributed by atoms with Crippen molar-refractivity contribution in [3.8, 4) is 5.75 Å². The van der Waals surface area contributed by atoms with Gasteiger partial charge in [0.25, 0.3) is 0 Å². The van der Waals surface area contributed by atoms with E-state index in [1.165, 1.54) is 0 Å². The molecule has 0 saturated carbocycles. The molecule has 106 valence electrons. The lowest BCUT2D eigenvalue weighted by atomic mass is 10.2. The molecular formula is C15H15N5O. The fourth-order valence-electron chi connectivity index (χ4n) is 1.99. The smallest absolute Gasteiger partial charge is 0.158 e. The molecule has 6 nitrogen and oxygen atoms in total. The van der Waals surface area contributed by atoms with Crippen molar-refractivity contribution in [3.05, 3.63) is 54.1 Å². The first kappa shape index (κ1) is 13.3. The van der Waals surface area contributed by atoms with Crippen LogP contribution in [0.5, 0.6) is 5.75 Å². The van der Waals surface area contributed by atoms with Crippen molar-refractivity contribution in [1.29, 1.82) is 0 Å². The van der Waals surface area contributed by atoms with E-state index in [4.69, 9.17) is 10.6 Å². The van der Waals surface area contributed by atoms with E-state index in [-0.39, 0.29) is 0 Å². The number of nitrogens with one attached hydrogen (secondary N) is 1. The van der Waals surface area contributed by atoms with Gasteiger partial charge in [-0.1, -0.05) is 18.2 Å². The van der Waals surface area contributed by atoms with Crippen LogP contribution in [0, 0.1) is 6.92 Å². The Morgan fingerprint density at radius 1 is 1.14 bits per heavy atom. The SMILES string of the molecule is Cc1ccc2cccc(OCc3cnc(NN)cn3)c2n1. The van der Waals surface area contributed by atoms with Crippen LogP contribution in [-0.4, -0.2) is 15.0 Å². The Morgan fingerprint density at radius 3 is 2.81 bits per heavy atom. The summed E-state index contributed by atoms with van der Waals surface area (Å²) in [6.07, 6.45) is 3.18. The minimum Gasteiger partial charge on any atom is -0.485 e. The zero-order valence-corrected chi connectivity index (χ0v) is 11.6. The van der Waals surface area contributed by atoms with Crippen molar-refractivity contribution in [2.45, 2.75) is 13.5 Å². The number of ether oxygens (including phenoxy) is 1. The van der Waals surface area contributed by atoms with Crippen LogP contribution in [0.15, 0.2) is 42.7 Å². The van der Waals surface area contributed by atoms with E-state index >= 15 is 0 Å². The van der Waals surface area contributed by atoms with E-state index in [1.807, 2.05) is 37.3 Å². The first-order valence-electron chi connectivity index (χ1n) is 6.53. The predicted molar refractivity (Wildman–Crippen MR) is 80.7 cm³/mol. The highest BCUT2D eigenvalue weighted by Gasteiger charge is 2.05. The van der Waals surface area contributed by atoms with Gasteiger partial charge in [0.1, 0.15) is 17.9 Å². The summed E-state index contributed by atoms with van der Waals surface area (Å²) in [5.74, 6) is 6.50. The average molecular weight is 281 g/mol. The summed E-state index contributed by atoms with van der Waals surface area (Å²) in [5, 5.41) is 1.05. The van der Waals surface area contributed by atoms with E-state index in [2.05, 4.69) is 20.4 Å². The van der Waals surface area contributed by atoms with Crippen molar-refractivity contribution < 1.29 is 4.74 Å². The zero-order chi connectivity index (χ0) is 14.7. The Kier molecular flexibility index (Phi) is 3.61. The number of hydrazine groups is 1. The number of fused-ring (bicyclic) bond motifs is 1. The quantitative estimate of drug-likeness (QED) is 0.563. The molecule has 0 aliphatic rings. The first-order valence-corrected chi connectivity index (χ1v) is 6.53. The Morgan fingerprint density at radius 2 is 2.05 bits per heavy atom. The summed E-state index contributed by atoms with van der Waals surface area (Å²) in [6, 6.07) is 9.87. The number of nitrogens with zero attached hydrogens (tertiary/aromatic N) is 3. The molecule has 0 unspecified atom stereocenters. The second kappa shape index (κ2) is 5.72. The molecule has 2 heterocycles. The van der Waals surface area contributed by atoms with Gasteiger partial charge in [-0.2, -0.15) is 0 Å². The third-order valence-electron chi connectivity index (χ3n) is 3.05. The third-order valence-corrected chi connectivity index (χ3v) is 3.05. The Hall–Kier alpha value is -2.73. The van der Waals surface area contributed by atoms with Gasteiger partial charge in [0.15, 0.2) is 5.82 Å². The van der Waals surface area contributed by atoms with Crippen LogP contribution >= 0.6 is 0 Å². The predicted octanol–water partition coefficient (Wildman–Crippen LogP) is 2.20. The van der Waals surface area contributed by atoms with Gasteiger partial charge in [-0.15, -0.1) is 0 Å². The molecule has 0 aliphatic heterocycles. The Bertz CT molecular complexity index is 758. The number of hydrogen-bond acceptors (Lipinski definition) is 6. The molecule has 0 amide bonds. The Labute approximate surface area is 122 Å². The molecule has 0 aliphatic carbocycles. The van der Waals surface area contributed by atoms with Gasteiger partial charge in [-0.25, -0.2) is 15.8 Å². The number of para-hydroxylation sites is 1. The molecule has 0 fully saturated rings. The molecule has 1 aromatic carbocycles. The van der Waals surface area contributed by atoms with Gasteiger partial charge < -0.3 is 10.2 Å². The van der Waals surface area contributed by atoms with Gasteiger partial charge in [0, 0.05) is 11.1 Å². The lowest BCUT2D eigenvalue weighted by Gasteiger charge is -2.09. The molecule has 3 N–H and O–H groups in total. The van der Waals surface area contributed by atoms with E-state index in [9.17, 15) is 0 Å². The largest absolute Gasteiger partial charge is 0.485 e. The molecule has 0 atom stereocenters. The number of nitrogen functional groups attached to an aromatic ring is 1. The molecule has 3 aromatic rings. The standard InChI is InChI=1S/C15H15N5O/c1-10-5-6-11-3-2-4-13(15(11)19-10)21-9-12-7-18-14(20-16)8-17-12/h2-8H,9,16H2,1H3,(H,18,20). The van der Waals surface area contributed by atoms with Gasteiger partial charge >= 0.3 is 0 Å². The summed E-state index contributed by atoms with van der Waals surface area (Å²) in [5.41, 5.74) is 4.96. The number of anilines is 1. The van der Waals surface area contributed by atoms with Crippen LogP contribution in [0.2, 0.25) is 0 Å². The number of aromatic nitrogens is 3. The molecule has 21 heavy (non-hydrogen) atoms. The minimum absolute atomic E-state index is 0.326. The van der Waals surface area contributed by atoms with Crippen LogP contribution in [-0.2, 0) is 6.61 Å². The highest BCUT2D eigenvalue weighted by Crippen LogP contribution is 2.24. The second-order valence-electron chi connectivity index (χ2n) is 4.61. The van der Waals surface area contributed by atoms with Crippen LogP contribution in [0.1, 0.15) is 11.4 Å². The van der Waals surface area contributed by atoms with Gasteiger partial charge in [-0.3, -0.25) is 4.98 Å². The van der Waals surface area contributed by atoms with Crippen LogP contribution in [0.3, 0.4) is 0 Å². The molecule has 3 rings (SSSR count). The highest BCUT2D eigenvalue weighted by molar-refractivity contribution is 5.84. The lowest BCUT2D eigenvalue weighted by molar-refractivity contribution is 0.304. The minimum atomic E-state index is 0.326. The fourth-order valence-corrected chi connectivity index (χ4v) is 1.99. The van der Waals surface area contributed by atoms with Crippen molar-refractivity contribution in [1.82, 2.24) is 15.0 Å². The van der Waals surface area contributed by atoms with Crippen molar-refractivity contribution in [2.24, 2.45) is 5.84 Å². The topological polar surface area (TPSA) is 86.0 Å². The van der Waals surface area contributed by atoms with Crippen LogP contribution in [0.4, 0.5) is 5.82 Å². The molecular weight excluding hydrogens is 266 g/mol. The third kappa shape index (κ3) is 2.90. The maximum atomic E-state index is 5.82. The van der Waals surface area contributed by atoms with Crippen LogP contribution in [0.25, 0.3) is 10.9 Å². The Balaban J connectivity index is 1.82. The fraction of sp³-hybridized carbons (Fsp3) is 0.133. The van der Waals surface area contributed by atoms with Gasteiger partial charge in [0.05, 0.1) is 18.1 Å². The highest BCUT2D eigenvalue weighted by atomic mass is 16.5. The maximum absolute atomic E-state index is 5.82. The summed E-state index contributed by atoms with van der Waals surface area (Å²) in [4.78, 5) is 12.8. The molecule has 0 spiro atoms. The number of rotatable bonds is 4. The van der Waals surface area contributed by atoms with E-state index in [0.717, 1.165) is 28.0 Å². The summed E-state index contributed by atoms with van der Waals surface area (Å²) in [6.45, 7) is 2.28. The molecule has 0 saturated heterocycles. The molecule has 2 aromatic heterocycles. The zero-order valence-electron chi connectivity index (χ0n) is 11.6. The average Bonchev–Trinajstić information content (AvgIpc) is 2.53. The number of nitrogens with two attached hydrogens (primary N) is 1. The number of hydrogen-bond donors (Lipinski definition) is 2. The van der Waals surface area contributed by atoms with E-state index in [0.29, 0.717) is 12.4 Å². The maximum Gasteiger partial charge on any atom is 0.158 e. The molecule has 6 heteroatoms. The van der Waals surface area contributed by atoms with Crippen LogP contribution < -0.4 is 16.0 Å². The summed E-state index contributed by atoms with van der Waals surface area (Å²) < 4.78 is 5.82. The molecule has 0 radical (unpaired) electrons. The number of aryl methyl sites for hydroxylation is 1. The first-order chi connectivity index (χ1) is 10.3. The van der Waals surface area contributed by atoms with Crippen molar-refractivity contribution >= 4 is 16.7 Å². The van der Waals surface area contributed by atoms with E-state index < -0.39 is 0 Å². The summed E-state index contributed by atoms with van der Waals surface area (Å²) in [7, 11) is 0. The summed E-state index contributed by atoms with van der Waals surface area (Å²) >= 11 is 0. The number of benzene rings is 1. The van der Waals surface area contributed by atoms with Gasteiger partial charge in [-0.05, 0) is 19.1 Å².